The molecule has 1 aromatic carbocycles. The molecule has 0 unspecified atom stereocenters. The number of anilines is 1. The van der Waals surface area contributed by atoms with Crippen molar-refractivity contribution in [2.24, 2.45) is 0 Å². The Bertz CT molecular complexity index is 546. The summed E-state index contributed by atoms with van der Waals surface area (Å²) in [6.45, 7) is 7.91. The number of benzene rings is 1. The summed E-state index contributed by atoms with van der Waals surface area (Å²) in [6.07, 6.45) is 0. The van der Waals surface area contributed by atoms with Gasteiger partial charge in [-0.3, -0.25) is 4.68 Å². The molecular weight excluding hydrogens is 290 g/mol. The van der Waals surface area contributed by atoms with Gasteiger partial charge in [0.1, 0.15) is 0 Å². The second-order valence-electron chi connectivity index (χ2n) is 4.43. The van der Waals surface area contributed by atoms with Crippen LogP contribution in [0.1, 0.15) is 23.9 Å². The lowest BCUT2D eigenvalue weighted by atomic mass is 10.2. The van der Waals surface area contributed by atoms with Crippen LogP contribution >= 0.6 is 15.9 Å². The topological polar surface area (TPSA) is 29.9 Å². The monoisotopic (exact) mass is 307 g/mol. The lowest BCUT2D eigenvalue weighted by Crippen LogP contribution is -2.08. The molecule has 0 spiro atoms. The highest BCUT2D eigenvalue weighted by Crippen LogP contribution is 2.23. The molecule has 1 aromatic heterocycles. The van der Waals surface area contributed by atoms with E-state index in [2.05, 4.69) is 64.5 Å². The minimum absolute atomic E-state index is 0.788. The minimum atomic E-state index is 0.788. The fourth-order valence-electron chi connectivity index (χ4n) is 1.96. The number of aromatic nitrogens is 2. The third-order valence-electron chi connectivity index (χ3n) is 2.87. The molecule has 2 rings (SSSR count). The molecule has 0 bridgehead atoms. The van der Waals surface area contributed by atoms with Crippen LogP contribution in [0.15, 0.2) is 28.7 Å². The van der Waals surface area contributed by atoms with E-state index in [1.807, 2.05) is 11.6 Å². The van der Waals surface area contributed by atoms with E-state index in [0.29, 0.717) is 0 Å². The van der Waals surface area contributed by atoms with Crippen molar-refractivity contribution in [3.05, 3.63) is 45.7 Å². The van der Waals surface area contributed by atoms with Crippen LogP contribution in [0.25, 0.3) is 0 Å². The van der Waals surface area contributed by atoms with Gasteiger partial charge >= 0.3 is 0 Å². The largest absolute Gasteiger partial charge is 0.378 e. The van der Waals surface area contributed by atoms with Crippen LogP contribution in [0.3, 0.4) is 0 Å². The Hall–Kier alpha value is -1.29. The van der Waals surface area contributed by atoms with Gasteiger partial charge in [-0.05, 0) is 60.5 Å². The van der Waals surface area contributed by atoms with Crippen molar-refractivity contribution in [1.82, 2.24) is 9.78 Å². The molecule has 0 fully saturated rings. The lowest BCUT2D eigenvalue weighted by Gasteiger charge is -2.10. The van der Waals surface area contributed by atoms with Crippen molar-refractivity contribution in [1.29, 1.82) is 0 Å². The van der Waals surface area contributed by atoms with Gasteiger partial charge in [0, 0.05) is 16.7 Å². The molecule has 2 aromatic rings. The Morgan fingerprint density at radius 2 is 2.06 bits per heavy atom. The Morgan fingerprint density at radius 3 is 2.72 bits per heavy atom. The first kappa shape index (κ1) is 13.1. The Kier molecular flexibility index (Phi) is 4.07. The highest BCUT2D eigenvalue weighted by molar-refractivity contribution is 9.10. The van der Waals surface area contributed by atoms with Gasteiger partial charge in [0.2, 0.25) is 0 Å². The van der Waals surface area contributed by atoms with E-state index in [1.54, 1.807) is 0 Å². The number of hydrogen-bond donors (Lipinski definition) is 1. The number of halogens is 1. The average Bonchev–Trinajstić information content (AvgIpc) is 2.68. The number of hydrogen-bond acceptors (Lipinski definition) is 2. The van der Waals surface area contributed by atoms with Crippen molar-refractivity contribution < 1.29 is 0 Å². The molecule has 0 saturated heterocycles. The zero-order valence-electron chi connectivity index (χ0n) is 11.0. The SMILES string of the molecule is CCn1nc(C)cc1CNc1ccc(C)cc1Br. The van der Waals surface area contributed by atoms with E-state index in [1.165, 1.54) is 11.3 Å². The molecule has 1 heterocycles. The van der Waals surface area contributed by atoms with Gasteiger partial charge < -0.3 is 5.32 Å². The number of aryl methyl sites for hydroxylation is 3. The Balaban J connectivity index is 2.11. The van der Waals surface area contributed by atoms with Crippen molar-refractivity contribution in [2.45, 2.75) is 33.9 Å². The Morgan fingerprint density at radius 1 is 1.28 bits per heavy atom. The van der Waals surface area contributed by atoms with Crippen LogP contribution < -0.4 is 5.32 Å². The zero-order chi connectivity index (χ0) is 13.1. The summed E-state index contributed by atoms with van der Waals surface area (Å²) in [6, 6.07) is 8.44. The van der Waals surface area contributed by atoms with E-state index in [9.17, 15) is 0 Å². The summed E-state index contributed by atoms with van der Waals surface area (Å²) < 4.78 is 3.13. The molecule has 1 N–H and O–H groups in total. The smallest absolute Gasteiger partial charge is 0.0597 e. The summed E-state index contributed by atoms with van der Waals surface area (Å²) in [7, 11) is 0. The summed E-state index contributed by atoms with van der Waals surface area (Å²) in [5.74, 6) is 0. The third-order valence-corrected chi connectivity index (χ3v) is 3.53. The maximum atomic E-state index is 4.44. The van der Waals surface area contributed by atoms with E-state index in [-0.39, 0.29) is 0 Å². The molecular formula is C14H18BrN3. The van der Waals surface area contributed by atoms with Crippen LogP contribution in [0.5, 0.6) is 0 Å². The van der Waals surface area contributed by atoms with Gasteiger partial charge in [-0.25, -0.2) is 0 Å². The molecule has 3 nitrogen and oxygen atoms in total. The molecule has 18 heavy (non-hydrogen) atoms. The van der Waals surface area contributed by atoms with E-state index in [0.717, 1.165) is 28.9 Å². The summed E-state index contributed by atoms with van der Waals surface area (Å²) in [5, 5.41) is 7.88. The van der Waals surface area contributed by atoms with Crippen LogP contribution in [-0.4, -0.2) is 9.78 Å². The molecule has 0 radical (unpaired) electrons. The predicted octanol–water partition coefficient (Wildman–Crippen LogP) is 3.89. The van der Waals surface area contributed by atoms with Crippen LogP contribution in [-0.2, 0) is 13.1 Å². The molecule has 0 atom stereocenters. The number of nitrogens with zero attached hydrogens (tertiary/aromatic N) is 2. The fourth-order valence-corrected chi connectivity index (χ4v) is 2.60. The average molecular weight is 308 g/mol. The Labute approximate surface area is 116 Å². The normalized spacial score (nSPS) is 10.7. The fraction of sp³-hybridized carbons (Fsp3) is 0.357. The van der Waals surface area contributed by atoms with Crippen LogP contribution in [0.2, 0.25) is 0 Å². The number of rotatable bonds is 4. The van der Waals surface area contributed by atoms with Gasteiger partial charge in [-0.2, -0.15) is 5.10 Å². The maximum absolute atomic E-state index is 4.44. The van der Waals surface area contributed by atoms with Crippen molar-refractivity contribution in [3.63, 3.8) is 0 Å². The van der Waals surface area contributed by atoms with Gasteiger partial charge in [0.25, 0.3) is 0 Å². The maximum Gasteiger partial charge on any atom is 0.0597 e. The second-order valence-corrected chi connectivity index (χ2v) is 5.28. The van der Waals surface area contributed by atoms with Gasteiger partial charge in [0.05, 0.1) is 17.9 Å². The van der Waals surface area contributed by atoms with Crippen molar-refractivity contribution in [3.8, 4) is 0 Å². The van der Waals surface area contributed by atoms with E-state index < -0.39 is 0 Å². The molecule has 96 valence electrons. The zero-order valence-corrected chi connectivity index (χ0v) is 12.6. The predicted molar refractivity (Wildman–Crippen MR) is 78.8 cm³/mol. The first-order valence-electron chi connectivity index (χ1n) is 6.13. The summed E-state index contributed by atoms with van der Waals surface area (Å²) >= 11 is 3.58. The number of nitrogens with one attached hydrogen (secondary N) is 1. The molecule has 0 aliphatic rings. The second kappa shape index (κ2) is 5.57. The molecule has 0 aliphatic heterocycles. The third kappa shape index (κ3) is 2.93. The van der Waals surface area contributed by atoms with E-state index in [4.69, 9.17) is 0 Å². The molecule has 0 saturated carbocycles. The van der Waals surface area contributed by atoms with Crippen molar-refractivity contribution >= 4 is 21.6 Å². The first-order valence-corrected chi connectivity index (χ1v) is 6.93. The van der Waals surface area contributed by atoms with Crippen LogP contribution in [0.4, 0.5) is 5.69 Å². The quantitative estimate of drug-likeness (QED) is 0.928. The molecule has 4 heteroatoms. The highest BCUT2D eigenvalue weighted by atomic mass is 79.9. The van der Waals surface area contributed by atoms with Crippen LogP contribution in [0, 0.1) is 13.8 Å². The minimum Gasteiger partial charge on any atom is -0.378 e. The van der Waals surface area contributed by atoms with Gasteiger partial charge in [-0.15, -0.1) is 0 Å². The summed E-state index contributed by atoms with van der Waals surface area (Å²) in [5.41, 5.74) is 4.64. The van der Waals surface area contributed by atoms with E-state index >= 15 is 0 Å². The van der Waals surface area contributed by atoms with Gasteiger partial charge in [0.15, 0.2) is 0 Å². The standard InChI is InChI=1S/C14H18BrN3/c1-4-18-12(8-11(3)17-18)9-16-14-6-5-10(2)7-13(14)15/h5-8,16H,4,9H2,1-3H3. The molecule has 0 amide bonds. The van der Waals surface area contributed by atoms with Crippen molar-refractivity contribution in [2.75, 3.05) is 5.32 Å². The summed E-state index contributed by atoms with van der Waals surface area (Å²) in [4.78, 5) is 0. The first-order chi connectivity index (χ1) is 8.60. The highest BCUT2D eigenvalue weighted by Gasteiger charge is 2.05. The molecule has 0 aliphatic carbocycles. The van der Waals surface area contributed by atoms with Gasteiger partial charge in [-0.1, -0.05) is 6.07 Å². The lowest BCUT2D eigenvalue weighted by molar-refractivity contribution is 0.623.